The first kappa shape index (κ1) is 20.2. The summed E-state index contributed by atoms with van der Waals surface area (Å²) in [4.78, 5) is 30.4. The van der Waals surface area contributed by atoms with Crippen molar-refractivity contribution in [3.63, 3.8) is 0 Å². The number of piperazine rings is 1. The number of carbonyl (C=O) groups is 1. The Bertz CT molecular complexity index is 1240. The molecule has 32 heavy (non-hydrogen) atoms. The van der Waals surface area contributed by atoms with Crippen LogP contribution in [0.2, 0.25) is 0 Å². The Labute approximate surface area is 180 Å². The number of hydrogen-bond acceptors (Lipinski definition) is 7. The van der Waals surface area contributed by atoms with Crippen molar-refractivity contribution in [3.8, 4) is 11.5 Å². The first-order valence-electron chi connectivity index (χ1n) is 10.1. The molecular weight excluding hydrogens is 426 g/mol. The summed E-state index contributed by atoms with van der Waals surface area (Å²) in [5, 5.41) is 3.06. The minimum absolute atomic E-state index is 0.00177. The lowest BCUT2D eigenvalue weighted by Crippen LogP contribution is -2.55. The van der Waals surface area contributed by atoms with E-state index in [1.54, 1.807) is 29.2 Å². The summed E-state index contributed by atoms with van der Waals surface area (Å²) in [7, 11) is 0. The second-order valence-electron chi connectivity index (χ2n) is 7.76. The highest BCUT2D eigenvalue weighted by molar-refractivity contribution is 5.83. The van der Waals surface area contributed by atoms with Crippen LogP contribution in [0.25, 0.3) is 11.1 Å². The van der Waals surface area contributed by atoms with Crippen molar-refractivity contribution in [1.82, 2.24) is 9.88 Å². The molecule has 0 saturated carbocycles. The van der Waals surface area contributed by atoms with Crippen molar-refractivity contribution < 1.29 is 27.5 Å². The molecule has 11 heteroatoms. The normalized spacial score (nSPS) is 19.4. The number of fused-ring (bicyclic) bond motifs is 2. The third-order valence-corrected chi connectivity index (χ3v) is 5.56. The van der Waals surface area contributed by atoms with Crippen LogP contribution in [0.1, 0.15) is 6.92 Å². The zero-order valence-corrected chi connectivity index (χ0v) is 17.1. The number of rotatable bonds is 4. The van der Waals surface area contributed by atoms with E-state index < -0.39 is 12.1 Å². The van der Waals surface area contributed by atoms with Crippen molar-refractivity contribution in [2.75, 3.05) is 36.4 Å². The largest absolute Gasteiger partial charge is 0.586 e. The van der Waals surface area contributed by atoms with Gasteiger partial charge < -0.3 is 29.0 Å². The second kappa shape index (κ2) is 7.43. The molecular formula is C21H20F2N4O5. The number of halogens is 2. The molecule has 1 saturated heterocycles. The standard InChI is InChI=1S/C21H20F2N4O5/c1-12-11-26(14-3-5-16-18(9-14)32-21(22,23)31-16)6-7-27(12)19(28)10-24-13-2-4-15-17(8-13)30-20(29)25-15/h2-5,8-9,12,24H,6-7,10-11H2,1H3,(H,25,29)/t12-/m1/s1. The average molecular weight is 446 g/mol. The van der Waals surface area contributed by atoms with Gasteiger partial charge in [-0.15, -0.1) is 8.78 Å². The fourth-order valence-corrected chi connectivity index (χ4v) is 4.03. The molecule has 0 radical (unpaired) electrons. The number of nitrogens with one attached hydrogen (secondary N) is 2. The van der Waals surface area contributed by atoms with Gasteiger partial charge in [0.2, 0.25) is 5.91 Å². The van der Waals surface area contributed by atoms with Gasteiger partial charge in [0.25, 0.3) is 0 Å². The highest BCUT2D eigenvalue weighted by Gasteiger charge is 2.43. The first-order chi connectivity index (χ1) is 15.3. The van der Waals surface area contributed by atoms with Gasteiger partial charge in [0.05, 0.1) is 12.1 Å². The Morgan fingerprint density at radius 3 is 2.81 bits per heavy atom. The summed E-state index contributed by atoms with van der Waals surface area (Å²) in [6, 6.07) is 9.71. The van der Waals surface area contributed by atoms with E-state index in [9.17, 15) is 18.4 Å². The smallest absolute Gasteiger partial charge is 0.408 e. The van der Waals surface area contributed by atoms with Gasteiger partial charge in [-0.25, -0.2) is 4.79 Å². The molecule has 3 heterocycles. The third-order valence-electron chi connectivity index (χ3n) is 5.56. The molecule has 5 rings (SSSR count). The van der Waals surface area contributed by atoms with Crippen LogP contribution in [0.5, 0.6) is 11.5 Å². The summed E-state index contributed by atoms with van der Waals surface area (Å²) >= 11 is 0. The fraction of sp³-hybridized carbons (Fsp3) is 0.333. The molecule has 1 amide bonds. The van der Waals surface area contributed by atoms with Crippen molar-refractivity contribution in [3.05, 3.63) is 46.9 Å². The fourth-order valence-electron chi connectivity index (χ4n) is 4.03. The maximum Gasteiger partial charge on any atom is 0.586 e. The Kier molecular flexibility index (Phi) is 4.68. The maximum atomic E-state index is 13.3. The first-order valence-corrected chi connectivity index (χ1v) is 10.1. The maximum absolute atomic E-state index is 13.3. The lowest BCUT2D eigenvalue weighted by atomic mass is 10.1. The van der Waals surface area contributed by atoms with Crippen LogP contribution in [0.3, 0.4) is 0 Å². The number of aromatic amines is 1. The zero-order chi connectivity index (χ0) is 22.5. The molecule has 1 fully saturated rings. The Hall–Kier alpha value is -3.76. The molecule has 2 N–H and O–H groups in total. The number of ether oxygens (including phenoxy) is 2. The Morgan fingerprint density at radius 1 is 1.19 bits per heavy atom. The number of aromatic nitrogens is 1. The van der Waals surface area contributed by atoms with Crippen molar-refractivity contribution >= 4 is 28.4 Å². The van der Waals surface area contributed by atoms with Crippen molar-refractivity contribution in [1.29, 1.82) is 0 Å². The second-order valence-corrected chi connectivity index (χ2v) is 7.76. The predicted molar refractivity (Wildman–Crippen MR) is 111 cm³/mol. The number of amides is 1. The van der Waals surface area contributed by atoms with Gasteiger partial charge in [0.15, 0.2) is 17.1 Å². The molecule has 168 valence electrons. The molecule has 1 atom stereocenters. The summed E-state index contributed by atoms with van der Waals surface area (Å²) in [5.41, 5.74) is 2.39. The average Bonchev–Trinajstić information content (AvgIpc) is 3.27. The van der Waals surface area contributed by atoms with Crippen LogP contribution < -0.4 is 25.4 Å². The molecule has 0 aliphatic carbocycles. The van der Waals surface area contributed by atoms with Crippen LogP contribution in [0.4, 0.5) is 20.2 Å². The van der Waals surface area contributed by atoms with E-state index in [1.165, 1.54) is 12.1 Å². The van der Waals surface area contributed by atoms with Crippen LogP contribution in [0, 0.1) is 0 Å². The topological polar surface area (TPSA) is 100 Å². The van der Waals surface area contributed by atoms with Gasteiger partial charge in [0, 0.05) is 49.2 Å². The van der Waals surface area contributed by atoms with Crippen LogP contribution in [0.15, 0.2) is 45.6 Å². The van der Waals surface area contributed by atoms with E-state index in [4.69, 9.17) is 4.42 Å². The van der Waals surface area contributed by atoms with Gasteiger partial charge in [-0.3, -0.25) is 9.78 Å². The summed E-state index contributed by atoms with van der Waals surface area (Å²) in [6.45, 7) is 3.60. The molecule has 2 aliphatic heterocycles. The van der Waals surface area contributed by atoms with Gasteiger partial charge in [0.1, 0.15) is 0 Å². The highest BCUT2D eigenvalue weighted by atomic mass is 19.3. The molecule has 2 aliphatic rings. The zero-order valence-electron chi connectivity index (χ0n) is 17.1. The monoisotopic (exact) mass is 446 g/mol. The van der Waals surface area contributed by atoms with Crippen molar-refractivity contribution in [2.24, 2.45) is 0 Å². The number of oxazole rings is 1. The number of hydrogen-bond donors (Lipinski definition) is 2. The van der Waals surface area contributed by atoms with E-state index in [-0.39, 0.29) is 30.0 Å². The summed E-state index contributed by atoms with van der Waals surface area (Å²) < 4.78 is 40.5. The highest BCUT2D eigenvalue weighted by Crippen LogP contribution is 2.43. The summed E-state index contributed by atoms with van der Waals surface area (Å²) in [6.07, 6.45) is -3.65. The lowest BCUT2D eigenvalue weighted by Gasteiger charge is -2.41. The quantitative estimate of drug-likeness (QED) is 0.636. The number of nitrogens with zero attached hydrogens (tertiary/aromatic N) is 2. The Balaban J connectivity index is 1.20. The van der Waals surface area contributed by atoms with Gasteiger partial charge in [-0.05, 0) is 31.2 Å². The van der Waals surface area contributed by atoms with Crippen LogP contribution >= 0.6 is 0 Å². The molecule has 0 spiro atoms. The molecule has 9 nitrogen and oxygen atoms in total. The molecule has 3 aromatic rings. The van der Waals surface area contributed by atoms with E-state index in [2.05, 4.69) is 19.8 Å². The minimum atomic E-state index is -3.65. The Morgan fingerprint density at radius 2 is 2.00 bits per heavy atom. The molecule has 1 aromatic heterocycles. The van der Waals surface area contributed by atoms with Crippen LogP contribution in [-0.4, -0.2) is 54.3 Å². The molecule has 0 bridgehead atoms. The van der Waals surface area contributed by atoms with Gasteiger partial charge in [-0.2, -0.15) is 0 Å². The van der Waals surface area contributed by atoms with Crippen molar-refractivity contribution in [2.45, 2.75) is 19.3 Å². The van der Waals surface area contributed by atoms with Gasteiger partial charge >= 0.3 is 12.1 Å². The lowest BCUT2D eigenvalue weighted by molar-refractivity contribution is -0.286. The van der Waals surface area contributed by atoms with E-state index >= 15 is 0 Å². The predicted octanol–water partition coefficient (Wildman–Crippen LogP) is 2.59. The third kappa shape index (κ3) is 3.81. The van der Waals surface area contributed by atoms with Crippen LogP contribution in [-0.2, 0) is 4.79 Å². The minimum Gasteiger partial charge on any atom is -0.408 e. The number of benzene rings is 2. The van der Waals surface area contributed by atoms with Gasteiger partial charge in [-0.1, -0.05) is 0 Å². The number of carbonyl (C=O) groups excluding carboxylic acids is 1. The number of anilines is 2. The number of H-pyrrole nitrogens is 1. The van der Waals surface area contributed by atoms with E-state index in [0.29, 0.717) is 36.4 Å². The SMILES string of the molecule is C[C@@H]1CN(c2ccc3c(c2)OC(F)(F)O3)CCN1C(=O)CNc1ccc2[nH]c(=O)oc2c1. The molecule has 2 aromatic carbocycles. The summed E-state index contributed by atoms with van der Waals surface area (Å²) in [5.74, 6) is -0.601. The number of alkyl halides is 2. The molecule has 0 unspecified atom stereocenters. The van der Waals surface area contributed by atoms with E-state index in [1.807, 2.05) is 11.8 Å². The van der Waals surface area contributed by atoms with E-state index in [0.717, 1.165) is 5.69 Å².